The van der Waals surface area contributed by atoms with Crippen LogP contribution in [0.5, 0.6) is 0 Å². The van der Waals surface area contributed by atoms with Gasteiger partial charge in [-0.2, -0.15) is 0 Å². The monoisotopic (exact) mass is 138 g/mol. The smallest absolute Gasteiger partial charge is 0.342 e. The molecular weight excluding hydrogens is 128 g/mol. The summed E-state index contributed by atoms with van der Waals surface area (Å²) in [6.45, 7) is 8.42. The van der Waals surface area contributed by atoms with Crippen LogP contribution >= 0.6 is 0 Å². The fourth-order valence-corrected chi connectivity index (χ4v) is 0.463. The lowest BCUT2D eigenvalue weighted by Crippen LogP contribution is -2.00. The lowest BCUT2D eigenvalue weighted by atomic mass is 10.2. The highest BCUT2D eigenvalue weighted by atomic mass is 16.5. The first-order valence-electron chi connectivity index (χ1n) is 2.87. The van der Waals surface area contributed by atoms with Crippen LogP contribution in [0.2, 0.25) is 0 Å². The molecule has 0 heterocycles. The molecule has 0 N–H and O–H groups in total. The van der Waals surface area contributed by atoms with Gasteiger partial charge in [-0.05, 0) is 6.92 Å². The lowest BCUT2D eigenvalue weighted by molar-refractivity contribution is -0.133. The third-order valence-electron chi connectivity index (χ3n) is 0.957. The van der Waals surface area contributed by atoms with Crippen molar-refractivity contribution in [1.82, 2.24) is 0 Å². The highest BCUT2D eigenvalue weighted by Gasteiger charge is 2.02. The maximum absolute atomic E-state index is 10.8. The summed E-state index contributed by atoms with van der Waals surface area (Å²) in [5.41, 5.74) is 0.444. The van der Waals surface area contributed by atoms with Crippen molar-refractivity contribution in [2.24, 2.45) is 0 Å². The Balaban J connectivity index is 4.16. The summed E-state index contributed by atoms with van der Waals surface area (Å²) in [5, 5.41) is 0. The molecule has 0 spiro atoms. The predicted octanol–water partition coefficient (Wildman–Crippen LogP) is 1.81. The van der Waals surface area contributed by atoms with Crippen LogP contribution in [-0.4, -0.2) is 5.97 Å². The van der Waals surface area contributed by atoms with Gasteiger partial charge in [0.05, 0.1) is 11.8 Å². The molecule has 54 valence electrons. The Morgan fingerprint density at radius 3 is 2.40 bits per heavy atom. The summed E-state index contributed by atoms with van der Waals surface area (Å²) >= 11 is 0. The molecule has 10 heavy (non-hydrogen) atoms. The first-order chi connectivity index (χ1) is 4.76. The van der Waals surface area contributed by atoms with Crippen LogP contribution in [0, 0.1) is 0 Å². The molecule has 0 radical (unpaired) electrons. The van der Waals surface area contributed by atoms with Crippen LogP contribution in [0.25, 0.3) is 0 Å². The minimum absolute atomic E-state index is 0.424. The Morgan fingerprint density at radius 2 is 2.10 bits per heavy atom. The van der Waals surface area contributed by atoms with Crippen LogP contribution in [0.3, 0.4) is 0 Å². The highest BCUT2D eigenvalue weighted by Crippen LogP contribution is 1.98. The molecule has 0 aromatic rings. The van der Waals surface area contributed by atoms with Gasteiger partial charge in [-0.3, -0.25) is 0 Å². The van der Waals surface area contributed by atoms with E-state index in [0.29, 0.717) is 5.57 Å². The number of ether oxygens (including phenoxy) is 1. The molecule has 0 saturated heterocycles. The second-order valence-corrected chi connectivity index (χ2v) is 1.52. The molecule has 0 amide bonds. The average molecular weight is 138 g/mol. The van der Waals surface area contributed by atoms with E-state index >= 15 is 0 Å². The maximum Gasteiger partial charge on any atom is 0.342 e. The van der Waals surface area contributed by atoms with E-state index in [1.165, 1.54) is 6.08 Å². The molecule has 0 aliphatic heterocycles. The summed E-state index contributed by atoms with van der Waals surface area (Å²) in [6, 6.07) is 0. The Morgan fingerprint density at radius 1 is 1.50 bits per heavy atom. The van der Waals surface area contributed by atoms with Gasteiger partial charge in [0, 0.05) is 0 Å². The van der Waals surface area contributed by atoms with E-state index in [1.54, 1.807) is 13.0 Å². The van der Waals surface area contributed by atoms with E-state index in [1.807, 2.05) is 0 Å². The molecule has 0 aromatic carbocycles. The zero-order valence-corrected chi connectivity index (χ0v) is 5.96. The Bertz CT molecular complexity index is 178. The Kier molecular flexibility index (Phi) is 3.96. The highest BCUT2D eigenvalue weighted by molar-refractivity contribution is 5.91. The number of carbonyl (C=O) groups excluding carboxylic acids is 1. The van der Waals surface area contributed by atoms with Crippen molar-refractivity contribution in [3.8, 4) is 0 Å². The molecule has 0 rings (SSSR count). The summed E-state index contributed by atoms with van der Waals surface area (Å²) in [7, 11) is 0. The van der Waals surface area contributed by atoms with Crippen molar-refractivity contribution >= 4 is 5.97 Å². The first-order valence-corrected chi connectivity index (χ1v) is 2.87. The fourth-order valence-electron chi connectivity index (χ4n) is 0.463. The third-order valence-corrected chi connectivity index (χ3v) is 0.957. The number of hydrogen-bond donors (Lipinski definition) is 0. The topological polar surface area (TPSA) is 26.3 Å². The Labute approximate surface area is 60.5 Å². The summed E-state index contributed by atoms with van der Waals surface area (Å²) in [6.07, 6.45) is 4.15. The van der Waals surface area contributed by atoms with E-state index in [9.17, 15) is 4.79 Å². The summed E-state index contributed by atoms with van der Waals surface area (Å²) in [4.78, 5) is 10.8. The van der Waals surface area contributed by atoms with Crippen LogP contribution < -0.4 is 0 Å². The summed E-state index contributed by atoms with van der Waals surface area (Å²) in [5.74, 6) is -0.424. The molecule has 0 atom stereocenters. The average Bonchev–Trinajstić information content (AvgIpc) is 1.91. The number of carbonyl (C=O) groups is 1. The van der Waals surface area contributed by atoms with Gasteiger partial charge in [0.15, 0.2) is 0 Å². The van der Waals surface area contributed by atoms with Crippen molar-refractivity contribution in [3.63, 3.8) is 0 Å². The molecule has 0 bridgehead atoms. The molecule has 0 aliphatic carbocycles. The van der Waals surface area contributed by atoms with E-state index in [-0.39, 0.29) is 0 Å². The van der Waals surface area contributed by atoms with E-state index in [2.05, 4.69) is 17.9 Å². The van der Waals surface area contributed by atoms with Gasteiger partial charge in [-0.15, -0.1) is 0 Å². The lowest BCUT2D eigenvalue weighted by Gasteiger charge is -1.96. The van der Waals surface area contributed by atoms with E-state index in [4.69, 9.17) is 0 Å². The minimum Gasteiger partial charge on any atom is -0.432 e. The van der Waals surface area contributed by atoms with Crippen molar-refractivity contribution in [2.45, 2.75) is 6.92 Å². The van der Waals surface area contributed by atoms with Crippen LogP contribution in [0.4, 0.5) is 0 Å². The number of hydrogen-bond acceptors (Lipinski definition) is 2. The molecule has 0 unspecified atom stereocenters. The number of allylic oxidation sites excluding steroid dienone is 1. The Hall–Kier alpha value is -1.31. The molecule has 2 heteroatoms. The summed E-state index contributed by atoms with van der Waals surface area (Å²) < 4.78 is 4.47. The molecule has 2 nitrogen and oxygen atoms in total. The fraction of sp³-hybridized carbons (Fsp3) is 0.125. The molecule has 0 fully saturated rings. The van der Waals surface area contributed by atoms with Gasteiger partial charge in [0.1, 0.15) is 0 Å². The molecule has 0 saturated carbocycles. The largest absolute Gasteiger partial charge is 0.432 e. The number of esters is 1. The van der Waals surface area contributed by atoms with Gasteiger partial charge in [-0.25, -0.2) is 4.79 Å². The van der Waals surface area contributed by atoms with Crippen LogP contribution in [0.15, 0.2) is 37.1 Å². The van der Waals surface area contributed by atoms with E-state index in [0.717, 1.165) is 6.26 Å². The predicted molar refractivity (Wildman–Crippen MR) is 40.2 cm³/mol. The van der Waals surface area contributed by atoms with Gasteiger partial charge < -0.3 is 4.74 Å². The van der Waals surface area contributed by atoms with Crippen molar-refractivity contribution < 1.29 is 9.53 Å². The van der Waals surface area contributed by atoms with Crippen LogP contribution in [-0.2, 0) is 9.53 Å². The zero-order chi connectivity index (χ0) is 7.98. The van der Waals surface area contributed by atoms with Gasteiger partial charge >= 0.3 is 5.97 Å². The maximum atomic E-state index is 10.8. The first kappa shape index (κ1) is 8.69. The second-order valence-electron chi connectivity index (χ2n) is 1.52. The van der Waals surface area contributed by atoms with Gasteiger partial charge in [-0.1, -0.05) is 25.3 Å². The quantitative estimate of drug-likeness (QED) is 0.257. The molecule has 0 aliphatic rings. The van der Waals surface area contributed by atoms with Crippen molar-refractivity contribution in [1.29, 1.82) is 0 Å². The minimum atomic E-state index is -0.424. The number of rotatable bonds is 3. The van der Waals surface area contributed by atoms with Crippen molar-refractivity contribution in [2.75, 3.05) is 0 Å². The molecular formula is C8H10O2. The van der Waals surface area contributed by atoms with E-state index < -0.39 is 5.97 Å². The third kappa shape index (κ3) is 2.31. The normalized spacial score (nSPS) is 10.3. The standard InChI is InChI=1S/C8H10O2/c1-4-7(5-2)8(9)10-6-3/h4-6H,1,3H2,2H3. The van der Waals surface area contributed by atoms with Gasteiger partial charge in [0.2, 0.25) is 0 Å². The zero-order valence-electron chi connectivity index (χ0n) is 5.96. The van der Waals surface area contributed by atoms with Gasteiger partial charge in [0.25, 0.3) is 0 Å². The van der Waals surface area contributed by atoms with Crippen molar-refractivity contribution in [3.05, 3.63) is 37.1 Å². The molecule has 0 aromatic heterocycles. The SMILES string of the molecule is C=COC(=O)C(C=C)=CC. The second kappa shape index (κ2) is 4.56. The van der Waals surface area contributed by atoms with Crippen LogP contribution in [0.1, 0.15) is 6.92 Å².